The summed E-state index contributed by atoms with van der Waals surface area (Å²) < 4.78 is 9.89. The number of benzene rings is 1. The molecule has 1 aromatic carbocycles. The smallest absolute Gasteiger partial charge is 0.337 e. The quantitative estimate of drug-likeness (QED) is 0.634. The second kappa shape index (κ2) is 3.54. The lowest BCUT2D eigenvalue weighted by Gasteiger charge is -2.12. The molecule has 14 heavy (non-hydrogen) atoms. The van der Waals surface area contributed by atoms with E-state index in [1.54, 1.807) is 24.5 Å². The molecule has 2 rings (SSSR count). The first kappa shape index (κ1) is 8.81. The van der Waals surface area contributed by atoms with Crippen molar-refractivity contribution in [3.05, 3.63) is 41.7 Å². The average molecular weight is 190 g/mol. The maximum atomic E-state index is 11.2. The minimum Gasteiger partial charge on any atom is -0.465 e. The standard InChI is InChI=1S/C11H10O3/c1-13-11(12)9-4-5-10-8(7-9)3-2-6-14-10/h2,4-7H,3H2,1H3. The SMILES string of the molecule is COC(=O)c1ccc2c(c1)CC=CO2. The molecule has 0 unspecified atom stereocenters. The van der Waals surface area contributed by atoms with Gasteiger partial charge in [-0.15, -0.1) is 0 Å². The van der Waals surface area contributed by atoms with Crippen molar-refractivity contribution in [2.75, 3.05) is 7.11 Å². The van der Waals surface area contributed by atoms with Crippen molar-refractivity contribution in [1.29, 1.82) is 0 Å². The Bertz CT molecular complexity index is 394. The Morgan fingerprint density at radius 2 is 2.36 bits per heavy atom. The van der Waals surface area contributed by atoms with Crippen LogP contribution in [0.15, 0.2) is 30.5 Å². The predicted octanol–water partition coefficient (Wildman–Crippen LogP) is 1.92. The molecular formula is C11H10O3. The normalized spacial score (nSPS) is 12.9. The number of ether oxygens (including phenoxy) is 2. The van der Waals surface area contributed by atoms with E-state index in [1.807, 2.05) is 6.08 Å². The predicted molar refractivity (Wildman–Crippen MR) is 51.3 cm³/mol. The fraction of sp³-hybridized carbons (Fsp3) is 0.182. The lowest BCUT2D eigenvalue weighted by atomic mass is 10.1. The van der Waals surface area contributed by atoms with Crippen LogP contribution in [0.4, 0.5) is 0 Å². The summed E-state index contributed by atoms with van der Waals surface area (Å²) >= 11 is 0. The second-order valence-electron chi connectivity index (χ2n) is 3.01. The number of esters is 1. The third-order valence-electron chi connectivity index (χ3n) is 2.11. The van der Waals surface area contributed by atoms with Crippen LogP contribution in [0.1, 0.15) is 15.9 Å². The third-order valence-corrected chi connectivity index (χ3v) is 2.11. The Hall–Kier alpha value is -1.77. The fourth-order valence-electron chi connectivity index (χ4n) is 1.40. The fourth-order valence-corrected chi connectivity index (χ4v) is 1.40. The Kier molecular flexibility index (Phi) is 2.23. The first-order valence-corrected chi connectivity index (χ1v) is 4.34. The van der Waals surface area contributed by atoms with Gasteiger partial charge in [0.1, 0.15) is 5.75 Å². The van der Waals surface area contributed by atoms with Crippen molar-refractivity contribution < 1.29 is 14.3 Å². The van der Waals surface area contributed by atoms with E-state index in [0.29, 0.717) is 5.56 Å². The van der Waals surface area contributed by atoms with Crippen LogP contribution < -0.4 is 4.74 Å². The number of allylic oxidation sites excluding steroid dienone is 1. The van der Waals surface area contributed by atoms with Crippen molar-refractivity contribution in [1.82, 2.24) is 0 Å². The summed E-state index contributed by atoms with van der Waals surface area (Å²) in [5.41, 5.74) is 1.57. The van der Waals surface area contributed by atoms with Crippen LogP contribution in [-0.4, -0.2) is 13.1 Å². The van der Waals surface area contributed by atoms with Crippen LogP contribution in [-0.2, 0) is 11.2 Å². The van der Waals surface area contributed by atoms with Crippen molar-refractivity contribution in [2.24, 2.45) is 0 Å². The molecule has 3 nitrogen and oxygen atoms in total. The second-order valence-corrected chi connectivity index (χ2v) is 3.01. The molecule has 0 amide bonds. The molecule has 0 radical (unpaired) electrons. The highest BCUT2D eigenvalue weighted by Gasteiger charge is 2.11. The van der Waals surface area contributed by atoms with Crippen molar-refractivity contribution >= 4 is 5.97 Å². The van der Waals surface area contributed by atoms with Crippen LogP contribution in [0.5, 0.6) is 5.75 Å². The summed E-state index contributed by atoms with van der Waals surface area (Å²) in [4.78, 5) is 11.2. The van der Waals surface area contributed by atoms with E-state index >= 15 is 0 Å². The van der Waals surface area contributed by atoms with Gasteiger partial charge in [-0.05, 0) is 36.3 Å². The highest BCUT2D eigenvalue weighted by atomic mass is 16.5. The molecule has 1 aromatic rings. The minimum atomic E-state index is -0.317. The molecule has 1 aliphatic rings. The van der Waals surface area contributed by atoms with Crippen LogP contribution in [0.25, 0.3) is 0 Å². The van der Waals surface area contributed by atoms with E-state index in [1.165, 1.54) is 7.11 Å². The maximum Gasteiger partial charge on any atom is 0.337 e. The molecule has 3 heteroatoms. The van der Waals surface area contributed by atoms with Crippen LogP contribution in [0, 0.1) is 0 Å². The Balaban J connectivity index is 2.36. The molecule has 0 N–H and O–H groups in total. The van der Waals surface area contributed by atoms with Crippen LogP contribution in [0.3, 0.4) is 0 Å². The number of fused-ring (bicyclic) bond motifs is 1. The highest BCUT2D eigenvalue weighted by Crippen LogP contribution is 2.24. The molecule has 1 aliphatic heterocycles. The van der Waals surface area contributed by atoms with Crippen LogP contribution in [0.2, 0.25) is 0 Å². The summed E-state index contributed by atoms with van der Waals surface area (Å²) in [5, 5.41) is 0. The Labute approximate surface area is 81.9 Å². The number of carbonyl (C=O) groups is 1. The van der Waals surface area contributed by atoms with Gasteiger partial charge in [-0.3, -0.25) is 0 Å². The molecular weight excluding hydrogens is 180 g/mol. The molecule has 0 aromatic heterocycles. The molecule has 0 aliphatic carbocycles. The molecule has 0 bridgehead atoms. The third kappa shape index (κ3) is 1.48. The zero-order valence-electron chi connectivity index (χ0n) is 7.82. The maximum absolute atomic E-state index is 11.2. The summed E-state index contributed by atoms with van der Waals surface area (Å²) in [6, 6.07) is 5.28. The van der Waals surface area contributed by atoms with Crippen molar-refractivity contribution in [3.8, 4) is 5.75 Å². The summed E-state index contributed by atoms with van der Waals surface area (Å²) in [7, 11) is 1.37. The summed E-state index contributed by atoms with van der Waals surface area (Å²) in [6.07, 6.45) is 4.35. The Morgan fingerprint density at radius 1 is 1.50 bits per heavy atom. The largest absolute Gasteiger partial charge is 0.465 e. The number of hydrogen-bond donors (Lipinski definition) is 0. The van der Waals surface area contributed by atoms with Gasteiger partial charge in [0.2, 0.25) is 0 Å². The van der Waals surface area contributed by atoms with Gasteiger partial charge in [-0.1, -0.05) is 0 Å². The molecule has 0 spiro atoms. The highest BCUT2D eigenvalue weighted by molar-refractivity contribution is 5.89. The monoisotopic (exact) mass is 190 g/mol. The number of carbonyl (C=O) groups excluding carboxylic acids is 1. The van der Waals surface area contributed by atoms with Crippen LogP contribution >= 0.6 is 0 Å². The Morgan fingerprint density at radius 3 is 3.14 bits per heavy atom. The molecule has 1 heterocycles. The molecule has 0 saturated heterocycles. The lowest BCUT2D eigenvalue weighted by molar-refractivity contribution is 0.0600. The summed E-state index contributed by atoms with van der Waals surface area (Å²) in [5.74, 6) is 0.488. The summed E-state index contributed by atoms with van der Waals surface area (Å²) in [6.45, 7) is 0. The lowest BCUT2D eigenvalue weighted by Crippen LogP contribution is -2.04. The molecule has 0 saturated carbocycles. The number of rotatable bonds is 1. The van der Waals surface area contributed by atoms with E-state index in [2.05, 4.69) is 4.74 Å². The van der Waals surface area contributed by atoms with Crippen molar-refractivity contribution in [3.63, 3.8) is 0 Å². The zero-order valence-corrected chi connectivity index (χ0v) is 7.82. The van der Waals surface area contributed by atoms with Gasteiger partial charge in [0.15, 0.2) is 0 Å². The zero-order chi connectivity index (χ0) is 9.97. The molecule has 72 valence electrons. The van der Waals surface area contributed by atoms with E-state index < -0.39 is 0 Å². The molecule has 0 atom stereocenters. The van der Waals surface area contributed by atoms with E-state index in [4.69, 9.17) is 4.74 Å². The number of methoxy groups -OCH3 is 1. The van der Waals surface area contributed by atoms with E-state index in [9.17, 15) is 4.79 Å². The minimum absolute atomic E-state index is 0.317. The van der Waals surface area contributed by atoms with E-state index in [-0.39, 0.29) is 5.97 Å². The first-order valence-electron chi connectivity index (χ1n) is 4.34. The van der Waals surface area contributed by atoms with Gasteiger partial charge < -0.3 is 9.47 Å². The van der Waals surface area contributed by atoms with Gasteiger partial charge >= 0.3 is 5.97 Å². The van der Waals surface area contributed by atoms with Gasteiger partial charge in [0.25, 0.3) is 0 Å². The van der Waals surface area contributed by atoms with Gasteiger partial charge in [0.05, 0.1) is 18.9 Å². The van der Waals surface area contributed by atoms with E-state index in [0.717, 1.165) is 17.7 Å². The van der Waals surface area contributed by atoms with Crippen molar-refractivity contribution in [2.45, 2.75) is 6.42 Å². The van der Waals surface area contributed by atoms with Gasteiger partial charge in [-0.25, -0.2) is 4.79 Å². The molecule has 0 fully saturated rings. The average Bonchev–Trinajstić information content (AvgIpc) is 2.27. The van der Waals surface area contributed by atoms with Gasteiger partial charge in [-0.2, -0.15) is 0 Å². The topological polar surface area (TPSA) is 35.5 Å². The first-order chi connectivity index (χ1) is 6.81. The number of hydrogen-bond acceptors (Lipinski definition) is 3. The van der Waals surface area contributed by atoms with Gasteiger partial charge in [0, 0.05) is 0 Å².